The van der Waals surface area contributed by atoms with Gasteiger partial charge in [0.15, 0.2) is 0 Å². The van der Waals surface area contributed by atoms with Crippen molar-refractivity contribution in [1.29, 1.82) is 0 Å². The molecule has 1 amide bonds. The van der Waals surface area contributed by atoms with Crippen molar-refractivity contribution in [3.63, 3.8) is 0 Å². The zero-order chi connectivity index (χ0) is 15.1. The fraction of sp³-hybridized carbons (Fsp3) is 0.533. The molecule has 1 aromatic carbocycles. The third-order valence-electron chi connectivity index (χ3n) is 3.34. The van der Waals surface area contributed by atoms with E-state index in [1.165, 1.54) is 0 Å². The zero-order valence-electron chi connectivity index (χ0n) is 12.3. The molecule has 0 saturated carbocycles. The van der Waals surface area contributed by atoms with E-state index >= 15 is 0 Å². The Morgan fingerprint density at radius 3 is 2.75 bits per heavy atom. The molecule has 0 aromatic heterocycles. The van der Waals surface area contributed by atoms with E-state index in [9.17, 15) is 4.79 Å². The van der Waals surface area contributed by atoms with Crippen LogP contribution in [0.1, 0.15) is 32.8 Å². The molecule has 2 atom stereocenters. The van der Waals surface area contributed by atoms with Gasteiger partial charge in [-0.1, -0.05) is 37.9 Å². The van der Waals surface area contributed by atoms with Crippen LogP contribution >= 0.6 is 11.6 Å². The van der Waals surface area contributed by atoms with Crippen LogP contribution in [-0.4, -0.2) is 18.6 Å². The summed E-state index contributed by atoms with van der Waals surface area (Å²) in [5.41, 5.74) is 6.78. The average Bonchev–Trinajstić information content (AvgIpc) is 2.44. The molecule has 0 aliphatic heterocycles. The summed E-state index contributed by atoms with van der Waals surface area (Å²) in [4.78, 5) is 11.9. The predicted molar refractivity (Wildman–Crippen MR) is 81.9 cm³/mol. The predicted octanol–water partition coefficient (Wildman–Crippen LogP) is 2.73. The van der Waals surface area contributed by atoms with Crippen molar-refractivity contribution in [2.24, 2.45) is 11.7 Å². The van der Waals surface area contributed by atoms with Crippen molar-refractivity contribution in [1.82, 2.24) is 5.32 Å². The topological polar surface area (TPSA) is 64.3 Å². The summed E-state index contributed by atoms with van der Waals surface area (Å²) in [7, 11) is 0. The molecule has 0 fully saturated rings. The number of nitrogens with two attached hydrogens (primary N) is 1. The number of ether oxygens (including phenoxy) is 1. The molecule has 1 aromatic rings. The Morgan fingerprint density at radius 1 is 1.45 bits per heavy atom. The Labute approximate surface area is 125 Å². The summed E-state index contributed by atoms with van der Waals surface area (Å²) in [5.74, 6) is 0.709. The van der Waals surface area contributed by atoms with Gasteiger partial charge in [0.1, 0.15) is 5.75 Å². The van der Waals surface area contributed by atoms with Gasteiger partial charge >= 0.3 is 0 Å². The summed E-state index contributed by atoms with van der Waals surface area (Å²) < 4.78 is 5.51. The standard InChI is InChI=1S/C15H23ClN2O2/c1-4-10(3)14(17)15(19)18-9-11-6-7-12(16)8-13(11)20-5-2/h6-8,10,14H,4-5,9,17H2,1-3H3,(H,18,19). The van der Waals surface area contributed by atoms with Crippen LogP contribution in [-0.2, 0) is 11.3 Å². The Hall–Kier alpha value is -1.26. The maximum Gasteiger partial charge on any atom is 0.237 e. The number of benzene rings is 1. The maximum atomic E-state index is 11.9. The van der Waals surface area contributed by atoms with Gasteiger partial charge in [-0.3, -0.25) is 4.79 Å². The number of carbonyl (C=O) groups is 1. The molecular formula is C15H23ClN2O2. The van der Waals surface area contributed by atoms with Crippen molar-refractivity contribution in [2.75, 3.05) is 6.61 Å². The number of nitrogens with one attached hydrogen (secondary N) is 1. The fourth-order valence-corrected chi connectivity index (χ4v) is 1.94. The molecule has 112 valence electrons. The normalized spacial score (nSPS) is 13.7. The third kappa shape index (κ3) is 4.69. The lowest BCUT2D eigenvalue weighted by Crippen LogP contribution is -2.44. The molecule has 3 N–H and O–H groups in total. The first-order chi connectivity index (χ1) is 9.49. The molecule has 2 unspecified atom stereocenters. The molecule has 0 bridgehead atoms. The molecule has 0 radical (unpaired) electrons. The highest BCUT2D eigenvalue weighted by Gasteiger charge is 2.19. The fourth-order valence-electron chi connectivity index (χ4n) is 1.78. The summed E-state index contributed by atoms with van der Waals surface area (Å²) in [5, 5.41) is 3.46. The lowest BCUT2D eigenvalue weighted by atomic mass is 9.99. The monoisotopic (exact) mass is 298 g/mol. The van der Waals surface area contributed by atoms with Crippen LogP contribution in [0.3, 0.4) is 0 Å². The van der Waals surface area contributed by atoms with Gasteiger partial charge in [0.2, 0.25) is 5.91 Å². The van der Waals surface area contributed by atoms with E-state index in [0.29, 0.717) is 23.9 Å². The largest absolute Gasteiger partial charge is 0.493 e. The molecule has 0 aliphatic carbocycles. The number of hydrogen-bond donors (Lipinski definition) is 2. The highest BCUT2D eigenvalue weighted by molar-refractivity contribution is 6.30. The van der Waals surface area contributed by atoms with Gasteiger partial charge < -0.3 is 15.8 Å². The van der Waals surface area contributed by atoms with Crippen LogP contribution in [0.2, 0.25) is 5.02 Å². The molecule has 0 aliphatic rings. The minimum atomic E-state index is -0.483. The Morgan fingerprint density at radius 2 is 2.15 bits per heavy atom. The first-order valence-corrected chi connectivity index (χ1v) is 7.31. The third-order valence-corrected chi connectivity index (χ3v) is 3.58. The molecule has 1 rings (SSSR count). The number of amides is 1. The summed E-state index contributed by atoms with van der Waals surface area (Å²) >= 11 is 5.94. The van der Waals surface area contributed by atoms with Crippen molar-refractivity contribution < 1.29 is 9.53 Å². The molecule has 0 saturated heterocycles. The van der Waals surface area contributed by atoms with Crippen LogP contribution in [0, 0.1) is 5.92 Å². The van der Waals surface area contributed by atoms with Gasteiger partial charge in [-0.15, -0.1) is 0 Å². The number of hydrogen-bond acceptors (Lipinski definition) is 3. The molecule has 20 heavy (non-hydrogen) atoms. The highest BCUT2D eigenvalue weighted by Crippen LogP contribution is 2.23. The van der Waals surface area contributed by atoms with E-state index in [1.54, 1.807) is 12.1 Å². The van der Waals surface area contributed by atoms with E-state index in [0.717, 1.165) is 12.0 Å². The molecule has 0 spiro atoms. The van der Waals surface area contributed by atoms with Crippen molar-refractivity contribution in [2.45, 2.75) is 39.8 Å². The Kier molecular flexibility index (Phi) is 6.82. The van der Waals surface area contributed by atoms with Crippen molar-refractivity contribution in [3.05, 3.63) is 28.8 Å². The zero-order valence-corrected chi connectivity index (χ0v) is 13.0. The van der Waals surface area contributed by atoms with E-state index in [4.69, 9.17) is 22.1 Å². The number of rotatable bonds is 7. The van der Waals surface area contributed by atoms with Gasteiger partial charge in [0.05, 0.1) is 12.6 Å². The second-order valence-electron chi connectivity index (χ2n) is 4.81. The number of halogens is 1. The molecular weight excluding hydrogens is 276 g/mol. The van der Waals surface area contributed by atoms with Crippen molar-refractivity contribution >= 4 is 17.5 Å². The first-order valence-electron chi connectivity index (χ1n) is 6.94. The second-order valence-corrected chi connectivity index (χ2v) is 5.25. The molecule has 5 heteroatoms. The van der Waals surface area contributed by atoms with Crippen LogP contribution in [0.25, 0.3) is 0 Å². The van der Waals surface area contributed by atoms with E-state index < -0.39 is 6.04 Å². The Bertz CT molecular complexity index is 451. The van der Waals surface area contributed by atoms with Crippen LogP contribution in [0.5, 0.6) is 5.75 Å². The summed E-state index contributed by atoms with van der Waals surface area (Å²) in [6, 6.07) is 4.90. The van der Waals surface area contributed by atoms with E-state index in [-0.39, 0.29) is 11.8 Å². The minimum absolute atomic E-state index is 0.142. The van der Waals surface area contributed by atoms with E-state index in [2.05, 4.69) is 5.32 Å². The first kappa shape index (κ1) is 16.8. The van der Waals surface area contributed by atoms with Crippen LogP contribution in [0.15, 0.2) is 18.2 Å². The van der Waals surface area contributed by atoms with Crippen molar-refractivity contribution in [3.8, 4) is 5.75 Å². The maximum absolute atomic E-state index is 11.9. The summed E-state index contributed by atoms with van der Waals surface area (Å²) in [6.45, 7) is 6.83. The Balaban J connectivity index is 2.67. The second kappa shape index (κ2) is 8.12. The SMILES string of the molecule is CCOc1cc(Cl)ccc1CNC(=O)C(N)C(C)CC. The van der Waals surface area contributed by atoms with Gasteiger partial charge in [-0.25, -0.2) is 0 Å². The van der Waals surface area contributed by atoms with Gasteiger partial charge in [0.25, 0.3) is 0 Å². The van der Waals surface area contributed by atoms with Gasteiger partial charge in [0, 0.05) is 17.1 Å². The van der Waals surface area contributed by atoms with Crippen LogP contribution < -0.4 is 15.8 Å². The van der Waals surface area contributed by atoms with Crippen LogP contribution in [0.4, 0.5) is 0 Å². The molecule has 4 nitrogen and oxygen atoms in total. The average molecular weight is 299 g/mol. The number of carbonyl (C=O) groups excluding carboxylic acids is 1. The smallest absolute Gasteiger partial charge is 0.237 e. The lowest BCUT2D eigenvalue weighted by molar-refractivity contribution is -0.123. The quantitative estimate of drug-likeness (QED) is 0.813. The minimum Gasteiger partial charge on any atom is -0.493 e. The summed E-state index contributed by atoms with van der Waals surface area (Å²) in [6.07, 6.45) is 0.875. The van der Waals surface area contributed by atoms with Gasteiger partial charge in [-0.2, -0.15) is 0 Å². The van der Waals surface area contributed by atoms with E-state index in [1.807, 2.05) is 26.8 Å². The highest BCUT2D eigenvalue weighted by atomic mass is 35.5. The van der Waals surface area contributed by atoms with Gasteiger partial charge in [-0.05, 0) is 25.0 Å². The molecule has 0 heterocycles. The lowest BCUT2D eigenvalue weighted by Gasteiger charge is -2.18.